The fraction of sp³-hybridized carbons (Fsp3) is 0.472. The molecule has 0 atom stereocenters. The van der Waals surface area contributed by atoms with E-state index < -0.39 is 11.7 Å². The van der Waals surface area contributed by atoms with E-state index in [1.165, 1.54) is 35.4 Å². The monoisotopic (exact) mass is 734 g/mol. The van der Waals surface area contributed by atoms with Crippen LogP contribution in [0.2, 0.25) is 0 Å². The molecule has 1 aromatic carbocycles. The molecule has 0 radical (unpaired) electrons. The highest BCUT2D eigenvalue weighted by Gasteiger charge is 2.31. The van der Waals surface area contributed by atoms with Crippen molar-refractivity contribution in [3.05, 3.63) is 66.0 Å². The molecule has 0 saturated carbocycles. The number of pyridine rings is 1. The van der Waals surface area contributed by atoms with Crippen molar-refractivity contribution in [2.45, 2.75) is 26.3 Å². The number of benzene rings is 1. The average molecular weight is 735 g/mol. The summed E-state index contributed by atoms with van der Waals surface area (Å²) in [6, 6.07) is 8.94. The van der Waals surface area contributed by atoms with Crippen molar-refractivity contribution in [2.24, 2.45) is 0 Å². The molecule has 5 rings (SSSR count). The van der Waals surface area contributed by atoms with Crippen LogP contribution in [0.1, 0.15) is 46.3 Å². The lowest BCUT2D eigenvalue weighted by atomic mass is 10.1. The number of amides is 3. The number of Topliss-reactive ketones (excluding diaryl/α,β-unsaturated/α-hetero) is 1. The molecular formula is C36H46N8O9. The first-order valence-corrected chi connectivity index (χ1v) is 17.6. The van der Waals surface area contributed by atoms with Crippen molar-refractivity contribution in [2.75, 3.05) is 86.1 Å². The molecule has 53 heavy (non-hydrogen) atoms. The predicted octanol–water partition coefficient (Wildman–Crippen LogP) is 1.80. The minimum atomic E-state index is -0.720. The zero-order chi connectivity index (χ0) is 37.4. The molecule has 0 aliphatic carbocycles. The molecule has 0 unspecified atom stereocenters. The number of aromatic nitrogens is 5. The van der Waals surface area contributed by atoms with E-state index in [0.29, 0.717) is 86.6 Å². The Hall–Kier alpha value is -5.23. The van der Waals surface area contributed by atoms with Crippen LogP contribution in [0.5, 0.6) is 5.75 Å². The molecule has 0 bridgehead atoms. The van der Waals surface area contributed by atoms with E-state index in [4.69, 9.17) is 23.7 Å². The van der Waals surface area contributed by atoms with E-state index in [1.807, 2.05) is 6.07 Å². The van der Waals surface area contributed by atoms with Gasteiger partial charge in [-0.05, 0) is 18.6 Å². The summed E-state index contributed by atoms with van der Waals surface area (Å²) >= 11 is 0. The number of ketones is 1. The van der Waals surface area contributed by atoms with Crippen molar-refractivity contribution in [1.29, 1.82) is 0 Å². The van der Waals surface area contributed by atoms with Gasteiger partial charge < -0.3 is 43.8 Å². The lowest BCUT2D eigenvalue weighted by Gasteiger charge is -2.34. The topological polar surface area (TPSA) is 192 Å². The summed E-state index contributed by atoms with van der Waals surface area (Å²) in [4.78, 5) is 67.0. The number of nitrogens with zero attached hydrogens (tertiary/aromatic N) is 6. The van der Waals surface area contributed by atoms with Crippen LogP contribution in [0.25, 0.3) is 16.7 Å². The highest BCUT2D eigenvalue weighted by Crippen LogP contribution is 2.32. The Morgan fingerprint density at radius 2 is 1.47 bits per heavy atom. The number of fused-ring (bicyclic) bond motifs is 1. The third kappa shape index (κ3) is 10.7. The molecule has 17 nitrogen and oxygen atoms in total. The van der Waals surface area contributed by atoms with Crippen LogP contribution >= 0.6 is 0 Å². The van der Waals surface area contributed by atoms with Gasteiger partial charge in [-0.3, -0.25) is 19.2 Å². The molecular weight excluding hydrogens is 688 g/mol. The Kier molecular flexibility index (Phi) is 14.8. The highest BCUT2D eigenvalue weighted by molar-refractivity contribution is 6.45. The summed E-state index contributed by atoms with van der Waals surface area (Å²) in [5.74, 6) is -0.809. The predicted molar refractivity (Wildman–Crippen MR) is 191 cm³/mol. The van der Waals surface area contributed by atoms with Gasteiger partial charge in [0.05, 0.1) is 82.6 Å². The fourth-order valence-corrected chi connectivity index (χ4v) is 5.56. The van der Waals surface area contributed by atoms with Crippen LogP contribution in [0.3, 0.4) is 0 Å². The summed E-state index contributed by atoms with van der Waals surface area (Å²) in [5, 5.41) is 7.58. The maximum Gasteiger partial charge on any atom is 0.295 e. The molecule has 1 saturated heterocycles. The quantitative estimate of drug-likeness (QED) is 0.0718. The Balaban J connectivity index is 1.08. The summed E-state index contributed by atoms with van der Waals surface area (Å²) in [7, 11) is 1.45. The Morgan fingerprint density at radius 1 is 0.830 bits per heavy atom. The minimum Gasteiger partial charge on any atom is -0.494 e. The van der Waals surface area contributed by atoms with E-state index in [1.54, 1.807) is 29.2 Å². The number of ether oxygens (including phenoxy) is 5. The molecule has 1 aliphatic heterocycles. The summed E-state index contributed by atoms with van der Waals surface area (Å²) < 4.78 is 28.6. The standard InChI is InChI=1S/C36H46N8O9/c1-3-14-50-16-18-52-20-21-53-19-17-51-15-9-30(45)37-24-29-40-25-44(41-29)34-32-31(28(49-2)23-39-34)27(22-38-32)33(46)36(48)43-12-10-42(11-13-43)35(47)26-7-5-4-6-8-26/h4-8,22-23,25,38H,3,9-21,24H2,1-2H3,(H,37,45). The molecule has 0 spiro atoms. The van der Waals surface area contributed by atoms with Gasteiger partial charge in [-0.15, -0.1) is 5.10 Å². The Bertz CT molecular complexity index is 1800. The first kappa shape index (κ1) is 39.0. The number of hydrogen-bond donors (Lipinski definition) is 2. The van der Waals surface area contributed by atoms with Gasteiger partial charge in [0.1, 0.15) is 12.1 Å². The normalized spacial score (nSPS) is 13.0. The number of hydrogen-bond acceptors (Lipinski definition) is 12. The second kappa shape index (κ2) is 20.1. The summed E-state index contributed by atoms with van der Waals surface area (Å²) in [6.07, 6.45) is 5.46. The van der Waals surface area contributed by atoms with Gasteiger partial charge in [-0.2, -0.15) is 0 Å². The van der Waals surface area contributed by atoms with Crippen molar-refractivity contribution >= 4 is 34.4 Å². The summed E-state index contributed by atoms with van der Waals surface area (Å²) in [5.41, 5.74) is 1.10. The third-order valence-corrected chi connectivity index (χ3v) is 8.33. The van der Waals surface area contributed by atoms with E-state index in [-0.39, 0.29) is 50.0 Å². The van der Waals surface area contributed by atoms with Crippen LogP contribution in [0.15, 0.2) is 49.1 Å². The molecule has 3 amide bonds. The van der Waals surface area contributed by atoms with E-state index in [0.717, 1.165) is 13.0 Å². The Labute approximate surface area is 306 Å². The van der Waals surface area contributed by atoms with Gasteiger partial charge in [0.25, 0.3) is 17.6 Å². The molecule has 1 fully saturated rings. The molecule has 3 aromatic heterocycles. The number of piperazine rings is 1. The maximum absolute atomic E-state index is 13.6. The number of rotatable bonds is 21. The number of methoxy groups -OCH3 is 1. The van der Waals surface area contributed by atoms with Gasteiger partial charge in [-0.1, -0.05) is 25.1 Å². The second-order valence-electron chi connectivity index (χ2n) is 12.0. The lowest BCUT2D eigenvalue weighted by molar-refractivity contribution is -0.127. The van der Waals surface area contributed by atoms with Crippen molar-refractivity contribution in [3.63, 3.8) is 0 Å². The van der Waals surface area contributed by atoms with Crippen LogP contribution in [-0.4, -0.2) is 144 Å². The van der Waals surface area contributed by atoms with Gasteiger partial charge >= 0.3 is 0 Å². The molecule has 4 heterocycles. The summed E-state index contributed by atoms with van der Waals surface area (Å²) in [6.45, 7) is 6.96. The largest absolute Gasteiger partial charge is 0.494 e. The van der Waals surface area contributed by atoms with Crippen molar-refractivity contribution in [1.82, 2.24) is 39.8 Å². The first-order chi connectivity index (χ1) is 25.9. The van der Waals surface area contributed by atoms with Gasteiger partial charge in [0, 0.05) is 51.0 Å². The van der Waals surface area contributed by atoms with Crippen LogP contribution in [-0.2, 0) is 35.1 Å². The SMILES string of the molecule is CCCOCCOCCOCCOCCC(=O)NCc1ncn(-c2ncc(OC)c3c(C(=O)C(=O)N4CCN(C(=O)c5ccccc5)CC4)c[nH]c23)n1. The number of nitrogens with one attached hydrogen (secondary N) is 2. The number of carbonyl (C=O) groups excluding carboxylic acids is 4. The zero-order valence-corrected chi connectivity index (χ0v) is 30.1. The second-order valence-corrected chi connectivity index (χ2v) is 12.0. The van der Waals surface area contributed by atoms with Crippen LogP contribution < -0.4 is 10.1 Å². The first-order valence-electron chi connectivity index (χ1n) is 17.6. The third-order valence-electron chi connectivity index (χ3n) is 8.33. The van der Waals surface area contributed by atoms with Crippen LogP contribution in [0.4, 0.5) is 0 Å². The maximum atomic E-state index is 13.6. The van der Waals surface area contributed by atoms with Gasteiger partial charge in [-0.25, -0.2) is 14.6 Å². The number of carbonyl (C=O) groups is 4. The minimum absolute atomic E-state index is 0.0743. The molecule has 4 aromatic rings. The number of H-pyrrole nitrogens is 1. The zero-order valence-electron chi connectivity index (χ0n) is 30.1. The van der Waals surface area contributed by atoms with Gasteiger partial charge in [0.15, 0.2) is 11.6 Å². The molecule has 17 heteroatoms. The smallest absolute Gasteiger partial charge is 0.295 e. The average Bonchev–Trinajstić information content (AvgIpc) is 3.86. The van der Waals surface area contributed by atoms with Crippen molar-refractivity contribution < 1.29 is 42.9 Å². The molecule has 2 N–H and O–H groups in total. The van der Waals surface area contributed by atoms with Crippen LogP contribution in [0, 0.1) is 0 Å². The molecule has 1 aliphatic rings. The number of aromatic amines is 1. The Morgan fingerprint density at radius 3 is 2.13 bits per heavy atom. The van der Waals surface area contributed by atoms with E-state index in [2.05, 4.69) is 32.3 Å². The van der Waals surface area contributed by atoms with Gasteiger partial charge in [0.2, 0.25) is 5.91 Å². The van der Waals surface area contributed by atoms with E-state index >= 15 is 0 Å². The molecule has 284 valence electrons. The fourth-order valence-electron chi connectivity index (χ4n) is 5.56. The lowest BCUT2D eigenvalue weighted by Crippen LogP contribution is -2.52. The highest BCUT2D eigenvalue weighted by atomic mass is 16.6. The van der Waals surface area contributed by atoms with Crippen molar-refractivity contribution in [3.8, 4) is 11.6 Å². The van der Waals surface area contributed by atoms with E-state index in [9.17, 15) is 19.2 Å².